The Morgan fingerprint density at radius 1 is 1.38 bits per heavy atom. The molecule has 5 heteroatoms. The summed E-state index contributed by atoms with van der Waals surface area (Å²) >= 11 is 0. The molecule has 16 heavy (non-hydrogen) atoms. The van der Waals surface area contributed by atoms with Gasteiger partial charge in [0.2, 0.25) is 0 Å². The van der Waals surface area contributed by atoms with Gasteiger partial charge in [-0.05, 0) is 24.1 Å². The maximum atomic E-state index is 10.9. The van der Waals surface area contributed by atoms with Crippen LogP contribution in [-0.2, 0) is 16.4 Å². The maximum absolute atomic E-state index is 10.9. The van der Waals surface area contributed by atoms with Gasteiger partial charge in [-0.3, -0.25) is 0 Å². The second-order valence-corrected chi connectivity index (χ2v) is 6.03. The van der Waals surface area contributed by atoms with Gasteiger partial charge in [0.25, 0.3) is 0 Å². The highest BCUT2D eigenvalue weighted by Crippen LogP contribution is 2.10. The molecule has 0 amide bonds. The van der Waals surface area contributed by atoms with Crippen LogP contribution in [0.1, 0.15) is 12.0 Å². The number of aliphatic hydroxyl groups is 1. The molecule has 0 aliphatic carbocycles. The fraction of sp³-hybridized carbons (Fsp3) is 0.455. The highest BCUT2D eigenvalue weighted by molar-refractivity contribution is 7.90. The zero-order chi connectivity index (χ0) is 12.0. The Labute approximate surface area is 96.2 Å². The average molecular weight is 243 g/mol. The third-order valence-corrected chi connectivity index (χ3v) is 3.16. The number of benzene rings is 1. The van der Waals surface area contributed by atoms with Crippen molar-refractivity contribution < 1.29 is 13.5 Å². The summed E-state index contributed by atoms with van der Waals surface area (Å²) in [5, 5.41) is 12.0. The molecular formula is C11H17NO3S. The lowest BCUT2D eigenvalue weighted by Crippen LogP contribution is -2.09. The van der Waals surface area contributed by atoms with Crippen LogP contribution in [0.15, 0.2) is 24.3 Å². The van der Waals surface area contributed by atoms with E-state index in [1.807, 2.05) is 24.3 Å². The van der Waals surface area contributed by atoms with Crippen molar-refractivity contribution in [1.82, 2.24) is 0 Å². The zero-order valence-corrected chi connectivity index (χ0v) is 10.1. The van der Waals surface area contributed by atoms with Crippen molar-refractivity contribution in [3.05, 3.63) is 29.8 Å². The third kappa shape index (κ3) is 5.14. The Hall–Kier alpha value is -1.07. The van der Waals surface area contributed by atoms with E-state index in [0.717, 1.165) is 11.3 Å². The lowest BCUT2D eigenvalue weighted by Gasteiger charge is -2.06. The molecule has 0 aliphatic rings. The summed E-state index contributed by atoms with van der Waals surface area (Å²) in [6.07, 6.45) is 1.82. The minimum atomic E-state index is -2.87. The van der Waals surface area contributed by atoms with Crippen LogP contribution in [0.4, 0.5) is 5.69 Å². The van der Waals surface area contributed by atoms with E-state index in [1.54, 1.807) is 0 Å². The van der Waals surface area contributed by atoms with Gasteiger partial charge in [0.05, 0.1) is 12.4 Å². The molecule has 0 saturated carbocycles. The van der Waals surface area contributed by atoms with E-state index < -0.39 is 9.84 Å². The Morgan fingerprint density at radius 3 is 2.75 bits per heavy atom. The molecule has 0 unspecified atom stereocenters. The molecule has 4 nitrogen and oxygen atoms in total. The third-order valence-electron chi connectivity index (χ3n) is 2.13. The number of aliphatic hydroxyl groups excluding tert-OH is 1. The van der Waals surface area contributed by atoms with Crippen LogP contribution >= 0.6 is 0 Å². The Kier molecular flexibility index (Phi) is 4.76. The summed E-state index contributed by atoms with van der Waals surface area (Å²) in [7, 11) is -2.87. The first-order valence-corrected chi connectivity index (χ1v) is 7.19. The Morgan fingerprint density at radius 2 is 2.12 bits per heavy atom. The van der Waals surface area contributed by atoms with Gasteiger partial charge in [0.15, 0.2) is 0 Å². The van der Waals surface area contributed by atoms with Crippen LogP contribution in [-0.4, -0.2) is 32.1 Å². The second-order valence-electron chi connectivity index (χ2n) is 3.77. The Bertz CT molecular complexity index is 429. The minimum absolute atomic E-state index is 0.0128. The number of hydrogen-bond acceptors (Lipinski definition) is 4. The van der Waals surface area contributed by atoms with Crippen molar-refractivity contribution in [2.75, 3.05) is 23.9 Å². The first-order valence-electron chi connectivity index (χ1n) is 5.12. The molecule has 0 fully saturated rings. The molecule has 1 aromatic carbocycles. The molecule has 0 aromatic heterocycles. The molecule has 0 saturated heterocycles. The van der Waals surface area contributed by atoms with Crippen LogP contribution in [0, 0.1) is 0 Å². The van der Waals surface area contributed by atoms with Gasteiger partial charge < -0.3 is 10.4 Å². The van der Waals surface area contributed by atoms with Crippen molar-refractivity contribution in [1.29, 1.82) is 0 Å². The van der Waals surface area contributed by atoms with E-state index in [9.17, 15) is 8.42 Å². The molecule has 1 aromatic rings. The van der Waals surface area contributed by atoms with Crippen molar-refractivity contribution in [2.45, 2.75) is 13.0 Å². The van der Waals surface area contributed by atoms with Gasteiger partial charge in [-0.1, -0.05) is 12.1 Å². The first-order chi connectivity index (χ1) is 7.51. The highest BCUT2D eigenvalue weighted by atomic mass is 32.2. The van der Waals surface area contributed by atoms with Crippen molar-refractivity contribution >= 4 is 15.5 Å². The van der Waals surface area contributed by atoms with Crippen LogP contribution in [0.5, 0.6) is 0 Å². The summed E-state index contributed by atoms with van der Waals surface area (Å²) in [5.74, 6) is 0.194. The summed E-state index contributed by atoms with van der Waals surface area (Å²) < 4.78 is 21.8. The first kappa shape index (κ1) is 13.0. The number of sulfone groups is 1. The van der Waals surface area contributed by atoms with Crippen LogP contribution in [0.2, 0.25) is 0 Å². The van der Waals surface area contributed by atoms with Crippen LogP contribution < -0.4 is 5.32 Å². The predicted octanol–water partition coefficient (Wildman–Crippen LogP) is 1.03. The molecule has 0 aliphatic heterocycles. The van der Waals surface area contributed by atoms with Crippen molar-refractivity contribution in [3.63, 3.8) is 0 Å². The van der Waals surface area contributed by atoms with Gasteiger partial charge in [-0.25, -0.2) is 8.42 Å². The second kappa shape index (κ2) is 5.86. The van der Waals surface area contributed by atoms with Crippen molar-refractivity contribution in [2.24, 2.45) is 0 Å². The SMILES string of the molecule is CS(=O)(=O)CCCNc1cccc(CO)c1. The summed E-state index contributed by atoms with van der Waals surface area (Å²) in [6, 6.07) is 7.42. The molecule has 90 valence electrons. The van der Waals surface area contributed by atoms with Crippen molar-refractivity contribution in [3.8, 4) is 0 Å². The fourth-order valence-corrected chi connectivity index (χ4v) is 2.02. The van der Waals surface area contributed by atoms with Gasteiger partial charge in [0, 0.05) is 18.5 Å². The highest BCUT2D eigenvalue weighted by Gasteiger charge is 2.01. The normalized spacial score (nSPS) is 11.4. The lowest BCUT2D eigenvalue weighted by atomic mass is 10.2. The number of rotatable bonds is 6. The number of hydrogen-bond donors (Lipinski definition) is 2. The van der Waals surface area contributed by atoms with E-state index in [2.05, 4.69) is 5.32 Å². The van der Waals surface area contributed by atoms with Crippen LogP contribution in [0.3, 0.4) is 0 Å². The largest absolute Gasteiger partial charge is 0.392 e. The molecule has 0 bridgehead atoms. The predicted molar refractivity (Wildman–Crippen MR) is 65.2 cm³/mol. The van der Waals surface area contributed by atoms with Gasteiger partial charge in [0.1, 0.15) is 9.84 Å². The molecule has 0 spiro atoms. The summed E-state index contributed by atoms with van der Waals surface area (Å²) in [5.41, 5.74) is 1.74. The molecule has 0 atom stereocenters. The molecule has 2 N–H and O–H groups in total. The number of anilines is 1. The summed E-state index contributed by atoms with van der Waals surface area (Å²) in [6.45, 7) is 0.626. The topological polar surface area (TPSA) is 66.4 Å². The maximum Gasteiger partial charge on any atom is 0.147 e. The number of nitrogens with one attached hydrogen (secondary N) is 1. The lowest BCUT2D eigenvalue weighted by molar-refractivity contribution is 0.282. The molecule has 0 radical (unpaired) electrons. The minimum Gasteiger partial charge on any atom is -0.392 e. The Balaban J connectivity index is 2.37. The van der Waals surface area contributed by atoms with Crippen LogP contribution in [0.25, 0.3) is 0 Å². The standard InChI is InChI=1S/C11H17NO3S/c1-16(14,15)7-3-6-12-11-5-2-4-10(8-11)9-13/h2,4-5,8,12-13H,3,6-7,9H2,1H3. The molecular weight excluding hydrogens is 226 g/mol. The quantitative estimate of drug-likeness (QED) is 0.732. The molecule has 0 heterocycles. The summed E-state index contributed by atoms with van der Waals surface area (Å²) in [4.78, 5) is 0. The smallest absolute Gasteiger partial charge is 0.147 e. The van der Waals surface area contributed by atoms with E-state index in [-0.39, 0.29) is 12.4 Å². The fourth-order valence-electron chi connectivity index (χ4n) is 1.35. The average Bonchev–Trinajstić information content (AvgIpc) is 2.23. The molecule has 1 rings (SSSR count). The van der Waals surface area contributed by atoms with E-state index in [4.69, 9.17) is 5.11 Å². The van der Waals surface area contributed by atoms with Gasteiger partial charge >= 0.3 is 0 Å². The van der Waals surface area contributed by atoms with Gasteiger partial charge in [-0.15, -0.1) is 0 Å². The van der Waals surface area contributed by atoms with E-state index in [1.165, 1.54) is 6.26 Å². The van der Waals surface area contributed by atoms with Gasteiger partial charge in [-0.2, -0.15) is 0 Å². The van der Waals surface area contributed by atoms with E-state index in [0.29, 0.717) is 13.0 Å². The zero-order valence-electron chi connectivity index (χ0n) is 9.31. The monoisotopic (exact) mass is 243 g/mol. The van der Waals surface area contributed by atoms with E-state index >= 15 is 0 Å².